The summed E-state index contributed by atoms with van der Waals surface area (Å²) in [6, 6.07) is 9.92. The van der Waals surface area contributed by atoms with E-state index in [1.54, 1.807) is 7.11 Å². The van der Waals surface area contributed by atoms with Gasteiger partial charge in [-0.1, -0.05) is 30.3 Å². The number of carbonyl (C=O) groups is 1. The first-order valence-corrected chi connectivity index (χ1v) is 6.43. The molecule has 1 aromatic rings. The van der Waals surface area contributed by atoms with E-state index < -0.39 is 11.1 Å². The maximum absolute atomic E-state index is 11.7. The summed E-state index contributed by atoms with van der Waals surface area (Å²) >= 11 is 0. The predicted molar refractivity (Wildman–Crippen MR) is 76.6 cm³/mol. The lowest BCUT2D eigenvalue weighted by atomic mass is 9.86. The van der Waals surface area contributed by atoms with Crippen LogP contribution in [0.2, 0.25) is 0 Å². The minimum absolute atomic E-state index is 0.367. The summed E-state index contributed by atoms with van der Waals surface area (Å²) in [5.41, 5.74) is 5.45. The number of nitrogens with two attached hydrogens (primary N) is 1. The number of ether oxygens (including phenoxy) is 1. The fourth-order valence-electron chi connectivity index (χ4n) is 2.05. The number of hydrogen-bond donors (Lipinski definition) is 2. The second kappa shape index (κ2) is 6.17. The van der Waals surface area contributed by atoms with Crippen molar-refractivity contribution < 1.29 is 9.53 Å². The van der Waals surface area contributed by atoms with Gasteiger partial charge in [-0.25, -0.2) is 0 Å². The zero-order chi connectivity index (χ0) is 14.5. The van der Waals surface area contributed by atoms with Crippen molar-refractivity contribution in [3.05, 3.63) is 35.9 Å². The molecule has 1 aromatic carbocycles. The maximum atomic E-state index is 11.7. The Kier molecular flexibility index (Phi) is 5.09. The van der Waals surface area contributed by atoms with E-state index in [1.165, 1.54) is 0 Å². The van der Waals surface area contributed by atoms with Crippen LogP contribution in [0.25, 0.3) is 0 Å². The van der Waals surface area contributed by atoms with E-state index in [-0.39, 0.29) is 5.91 Å². The van der Waals surface area contributed by atoms with Gasteiger partial charge in [0.2, 0.25) is 5.91 Å². The molecule has 0 saturated carbocycles. The van der Waals surface area contributed by atoms with Crippen molar-refractivity contribution in [3.8, 4) is 0 Å². The first-order chi connectivity index (χ1) is 8.79. The van der Waals surface area contributed by atoms with Crippen LogP contribution >= 0.6 is 0 Å². The SMILES string of the molecule is COC(C)(C)CC(C)(NCc1ccccc1)C(N)=O. The smallest absolute Gasteiger partial charge is 0.237 e. The Morgan fingerprint density at radius 3 is 2.32 bits per heavy atom. The number of hydrogen-bond acceptors (Lipinski definition) is 3. The monoisotopic (exact) mass is 264 g/mol. The van der Waals surface area contributed by atoms with Gasteiger partial charge in [0.15, 0.2) is 0 Å². The molecule has 0 aliphatic carbocycles. The molecule has 0 aliphatic heterocycles. The predicted octanol–water partition coefficient (Wildman–Crippen LogP) is 1.84. The molecule has 1 rings (SSSR count). The van der Waals surface area contributed by atoms with Crippen LogP contribution in [0, 0.1) is 0 Å². The van der Waals surface area contributed by atoms with E-state index in [2.05, 4.69) is 5.32 Å². The summed E-state index contributed by atoms with van der Waals surface area (Å²) in [6.07, 6.45) is 0.513. The summed E-state index contributed by atoms with van der Waals surface area (Å²) in [6.45, 7) is 6.30. The molecule has 3 N–H and O–H groups in total. The fourth-order valence-corrected chi connectivity index (χ4v) is 2.05. The topological polar surface area (TPSA) is 64.3 Å². The number of methoxy groups -OCH3 is 1. The summed E-state index contributed by atoms with van der Waals surface area (Å²) in [7, 11) is 1.64. The van der Waals surface area contributed by atoms with Crippen molar-refractivity contribution in [3.63, 3.8) is 0 Å². The molecule has 0 spiro atoms. The van der Waals surface area contributed by atoms with Gasteiger partial charge in [-0.2, -0.15) is 0 Å². The number of carbonyl (C=O) groups excluding carboxylic acids is 1. The van der Waals surface area contributed by atoms with Crippen molar-refractivity contribution >= 4 is 5.91 Å². The highest BCUT2D eigenvalue weighted by Crippen LogP contribution is 2.23. The summed E-state index contributed by atoms with van der Waals surface area (Å²) in [5, 5.41) is 3.25. The molecule has 1 unspecified atom stereocenters. The molecule has 0 aliphatic rings. The highest BCUT2D eigenvalue weighted by molar-refractivity contribution is 5.84. The molecule has 19 heavy (non-hydrogen) atoms. The van der Waals surface area contributed by atoms with E-state index in [9.17, 15) is 4.79 Å². The Morgan fingerprint density at radius 1 is 1.26 bits per heavy atom. The first-order valence-electron chi connectivity index (χ1n) is 6.43. The van der Waals surface area contributed by atoms with Gasteiger partial charge < -0.3 is 10.5 Å². The van der Waals surface area contributed by atoms with Crippen LogP contribution in [0.4, 0.5) is 0 Å². The van der Waals surface area contributed by atoms with Gasteiger partial charge in [-0.15, -0.1) is 0 Å². The highest BCUT2D eigenvalue weighted by Gasteiger charge is 2.37. The fraction of sp³-hybridized carbons (Fsp3) is 0.533. The van der Waals surface area contributed by atoms with Gasteiger partial charge in [-0.05, 0) is 26.3 Å². The summed E-state index contributed by atoms with van der Waals surface area (Å²) in [4.78, 5) is 11.7. The Balaban J connectivity index is 2.75. The lowest BCUT2D eigenvalue weighted by molar-refractivity contribution is -0.127. The third-order valence-corrected chi connectivity index (χ3v) is 3.40. The number of amides is 1. The maximum Gasteiger partial charge on any atom is 0.237 e. The van der Waals surface area contributed by atoms with Gasteiger partial charge in [0.25, 0.3) is 0 Å². The Labute approximate surface area is 115 Å². The standard InChI is InChI=1S/C15H24N2O2/c1-14(2,19-4)11-15(3,13(16)18)17-10-12-8-6-5-7-9-12/h5-9,17H,10-11H2,1-4H3,(H2,16,18). The Morgan fingerprint density at radius 2 is 1.84 bits per heavy atom. The van der Waals surface area contributed by atoms with Crippen LogP contribution < -0.4 is 11.1 Å². The summed E-state index contributed by atoms with van der Waals surface area (Å²) in [5.74, 6) is -0.367. The minimum atomic E-state index is -0.796. The van der Waals surface area contributed by atoms with Crippen LogP contribution in [-0.4, -0.2) is 24.2 Å². The minimum Gasteiger partial charge on any atom is -0.379 e. The summed E-state index contributed by atoms with van der Waals surface area (Å²) < 4.78 is 5.39. The van der Waals surface area contributed by atoms with Gasteiger partial charge in [-0.3, -0.25) is 10.1 Å². The van der Waals surface area contributed by atoms with Crippen LogP contribution in [0.1, 0.15) is 32.8 Å². The van der Waals surface area contributed by atoms with Crippen LogP contribution in [0.5, 0.6) is 0 Å². The van der Waals surface area contributed by atoms with E-state index >= 15 is 0 Å². The van der Waals surface area contributed by atoms with Gasteiger partial charge in [0.05, 0.1) is 11.1 Å². The average Bonchev–Trinajstić information content (AvgIpc) is 2.37. The lowest BCUT2D eigenvalue weighted by Gasteiger charge is -2.35. The molecule has 4 heteroatoms. The van der Waals surface area contributed by atoms with E-state index in [1.807, 2.05) is 51.1 Å². The second-order valence-electron chi connectivity index (χ2n) is 5.68. The van der Waals surface area contributed by atoms with Crippen molar-refractivity contribution in [1.82, 2.24) is 5.32 Å². The zero-order valence-corrected chi connectivity index (χ0v) is 12.2. The van der Waals surface area contributed by atoms with E-state index in [0.717, 1.165) is 5.56 Å². The molecule has 4 nitrogen and oxygen atoms in total. The molecular formula is C15H24N2O2. The third-order valence-electron chi connectivity index (χ3n) is 3.40. The molecule has 1 atom stereocenters. The zero-order valence-electron chi connectivity index (χ0n) is 12.2. The Bertz CT molecular complexity index is 417. The first kappa shape index (κ1) is 15.7. The molecule has 0 radical (unpaired) electrons. The molecule has 1 amide bonds. The quantitative estimate of drug-likeness (QED) is 0.789. The number of rotatable bonds is 7. The third kappa shape index (κ3) is 4.65. The van der Waals surface area contributed by atoms with Crippen molar-refractivity contribution in [2.45, 2.75) is 44.9 Å². The van der Waals surface area contributed by atoms with E-state index in [4.69, 9.17) is 10.5 Å². The van der Waals surface area contributed by atoms with Gasteiger partial charge in [0, 0.05) is 20.1 Å². The second-order valence-corrected chi connectivity index (χ2v) is 5.68. The number of primary amides is 1. The van der Waals surface area contributed by atoms with Crippen molar-refractivity contribution in [2.75, 3.05) is 7.11 Å². The molecule has 106 valence electrons. The largest absolute Gasteiger partial charge is 0.379 e. The Hall–Kier alpha value is -1.39. The van der Waals surface area contributed by atoms with Crippen LogP contribution in [0.15, 0.2) is 30.3 Å². The highest BCUT2D eigenvalue weighted by atomic mass is 16.5. The van der Waals surface area contributed by atoms with Crippen molar-refractivity contribution in [2.24, 2.45) is 5.73 Å². The number of benzene rings is 1. The molecule has 0 fully saturated rings. The van der Waals surface area contributed by atoms with Crippen molar-refractivity contribution in [1.29, 1.82) is 0 Å². The molecule has 0 heterocycles. The van der Waals surface area contributed by atoms with Gasteiger partial charge in [0.1, 0.15) is 0 Å². The molecule has 0 saturated heterocycles. The molecular weight excluding hydrogens is 240 g/mol. The average molecular weight is 264 g/mol. The van der Waals surface area contributed by atoms with Gasteiger partial charge >= 0.3 is 0 Å². The molecule has 0 bridgehead atoms. The van der Waals surface area contributed by atoms with Crippen LogP contribution in [0.3, 0.4) is 0 Å². The van der Waals surface area contributed by atoms with Crippen LogP contribution in [-0.2, 0) is 16.1 Å². The number of nitrogens with one attached hydrogen (secondary N) is 1. The normalized spacial score (nSPS) is 14.9. The molecule has 0 aromatic heterocycles. The lowest BCUT2D eigenvalue weighted by Crippen LogP contribution is -2.56. The van der Waals surface area contributed by atoms with E-state index in [0.29, 0.717) is 13.0 Å².